The number of unbranched alkanes of at least 4 members (excludes halogenated alkanes) is 1. The van der Waals surface area contributed by atoms with Crippen molar-refractivity contribution in [2.45, 2.75) is 58.8 Å². The molecule has 11 nitrogen and oxygen atoms in total. The number of rotatable bonds is 27. The minimum atomic E-state index is -0.982. The lowest BCUT2D eigenvalue weighted by Gasteiger charge is -2.13. The van der Waals surface area contributed by atoms with E-state index < -0.39 is 5.97 Å². The fourth-order valence-electron chi connectivity index (χ4n) is 2.95. The Morgan fingerprint density at radius 1 is 0.694 bits per heavy atom. The molecular weight excluding hydrogens is 474 g/mol. The van der Waals surface area contributed by atoms with Crippen LogP contribution in [0.1, 0.15) is 58.8 Å². The van der Waals surface area contributed by atoms with E-state index in [1.165, 1.54) is 0 Å². The van der Waals surface area contributed by atoms with Crippen molar-refractivity contribution >= 4 is 17.8 Å². The summed E-state index contributed by atoms with van der Waals surface area (Å²) in [6.45, 7) is 9.33. The summed E-state index contributed by atoms with van der Waals surface area (Å²) in [5.74, 6) is -1.39. The molecule has 0 fully saturated rings. The Labute approximate surface area is 215 Å². The summed E-state index contributed by atoms with van der Waals surface area (Å²) in [6, 6.07) is 0. The SMILES string of the molecule is CCCCC(CC)C(=O)OCCOCCOCCOCCOCCOCCCNC(=O)CCC(=O)O. The molecule has 2 N–H and O–H groups in total. The molecule has 212 valence electrons. The molecule has 0 radical (unpaired) electrons. The summed E-state index contributed by atoms with van der Waals surface area (Å²) >= 11 is 0. The van der Waals surface area contributed by atoms with Crippen molar-refractivity contribution in [2.75, 3.05) is 79.2 Å². The van der Waals surface area contributed by atoms with Crippen LogP contribution in [0.3, 0.4) is 0 Å². The topological polar surface area (TPSA) is 139 Å². The van der Waals surface area contributed by atoms with Crippen LogP contribution in [0.25, 0.3) is 0 Å². The summed E-state index contributed by atoms with van der Waals surface area (Å²) in [5, 5.41) is 11.1. The highest BCUT2D eigenvalue weighted by molar-refractivity contribution is 5.80. The van der Waals surface area contributed by atoms with Crippen molar-refractivity contribution in [1.82, 2.24) is 5.32 Å². The van der Waals surface area contributed by atoms with Gasteiger partial charge in [-0.3, -0.25) is 14.4 Å². The van der Waals surface area contributed by atoms with Gasteiger partial charge in [-0.1, -0.05) is 26.7 Å². The molecule has 0 aromatic heterocycles. The van der Waals surface area contributed by atoms with Crippen LogP contribution in [-0.4, -0.2) is 102 Å². The van der Waals surface area contributed by atoms with Gasteiger partial charge in [0.15, 0.2) is 0 Å². The van der Waals surface area contributed by atoms with E-state index in [0.717, 1.165) is 25.7 Å². The average molecular weight is 522 g/mol. The summed E-state index contributed by atoms with van der Waals surface area (Å²) in [6.07, 6.45) is 4.29. The number of ether oxygens (including phenoxy) is 6. The highest BCUT2D eigenvalue weighted by Gasteiger charge is 2.16. The lowest BCUT2D eigenvalue weighted by Crippen LogP contribution is -2.25. The number of amides is 1. The van der Waals surface area contributed by atoms with Gasteiger partial charge in [0.1, 0.15) is 6.61 Å². The quantitative estimate of drug-likeness (QED) is 0.122. The van der Waals surface area contributed by atoms with Gasteiger partial charge in [0, 0.05) is 19.6 Å². The van der Waals surface area contributed by atoms with Crippen LogP contribution in [0, 0.1) is 5.92 Å². The van der Waals surface area contributed by atoms with E-state index in [0.29, 0.717) is 79.0 Å². The highest BCUT2D eigenvalue weighted by Crippen LogP contribution is 2.14. The van der Waals surface area contributed by atoms with Crippen molar-refractivity contribution < 1.29 is 47.9 Å². The molecule has 0 aliphatic rings. The molecule has 0 saturated carbocycles. The van der Waals surface area contributed by atoms with Crippen molar-refractivity contribution in [3.63, 3.8) is 0 Å². The third-order valence-electron chi connectivity index (χ3n) is 5.05. The van der Waals surface area contributed by atoms with Gasteiger partial charge in [-0.25, -0.2) is 0 Å². The van der Waals surface area contributed by atoms with E-state index in [2.05, 4.69) is 12.2 Å². The second-order valence-electron chi connectivity index (χ2n) is 8.07. The smallest absolute Gasteiger partial charge is 0.308 e. The second-order valence-corrected chi connectivity index (χ2v) is 8.07. The summed E-state index contributed by atoms with van der Waals surface area (Å²) in [7, 11) is 0. The minimum Gasteiger partial charge on any atom is -0.481 e. The van der Waals surface area contributed by atoms with Crippen LogP contribution >= 0.6 is 0 Å². The zero-order valence-electron chi connectivity index (χ0n) is 22.1. The monoisotopic (exact) mass is 521 g/mol. The molecule has 1 atom stereocenters. The van der Waals surface area contributed by atoms with Gasteiger partial charge in [0.25, 0.3) is 0 Å². The Hall–Kier alpha value is -1.79. The highest BCUT2D eigenvalue weighted by atomic mass is 16.6. The maximum atomic E-state index is 12.0. The number of carboxylic acids is 1. The van der Waals surface area contributed by atoms with E-state index in [4.69, 9.17) is 33.5 Å². The predicted octanol–water partition coefficient (Wildman–Crippen LogP) is 2.20. The van der Waals surface area contributed by atoms with Crippen LogP contribution in [0.4, 0.5) is 0 Å². The fraction of sp³-hybridized carbons (Fsp3) is 0.880. The first kappa shape index (κ1) is 34.2. The van der Waals surface area contributed by atoms with E-state index in [1.54, 1.807) is 0 Å². The van der Waals surface area contributed by atoms with E-state index in [-0.39, 0.29) is 37.2 Å². The first-order valence-electron chi connectivity index (χ1n) is 13.0. The number of esters is 1. The van der Waals surface area contributed by atoms with E-state index in [9.17, 15) is 14.4 Å². The summed E-state index contributed by atoms with van der Waals surface area (Å²) in [5.41, 5.74) is 0. The molecule has 11 heteroatoms. The summed E-state index contributed by atoms with van der Waals surface area (Å²) < 4.78 is 32.3. The Morgan fingerprint density at radius 2 is 1.19 bits per heavy atom. The number of nitrogens with one attached hydrogen (secondary N) is 1. The predicted molar refractivity (Wildman–Crippen MR) is 133 cm³/mol. The molecule has 0 saturated heterocycles. The van der Waals surface area contributed by atoms with E-state index >= 15 is 0 Å². The number of carboxylic acid groups (broad SMARTS) is 1. The minimum absolute atomic E-state index is 0.00849. The van der Waals surface area contributed by atoms with Crippen LogP contribution in [0.2, 0.25) is 0 Å². The van der Waals surface area contributed by atoms with Gasteiger partial charge in [-0.05, 0) is 19.3 Å². The molecule has 36 heavy (non-hydrogen) atoms. The van der Waals surface area contributed by atoms with Crippen molar-refractivity contribution in [3.05, 3.63) is 0 Å². The lowest BCUT2D eigenvalue weighted by molar-refractivity contribution is -0.150. The van der Waals surface area contributed by atoms with Gasteiger partial charge in [-0.15, -0.1) is 0 Å². The standard InChI is InChI=1S/C25H47NO10/c1-3-5-7-22(4-2)25(30)36-21-20-35-19-18-34-17-16-33-15-14-32-13-12-31-11-6-10-26-23(27)8-9-24(28)29/h22H,3-21H2,1-2H3,(H,26,27)(H,28,29). The molecule has 0 aromatic rings. The molecule has 1 unspecified atom stereocenters. The first-order chi connectivity index (χ1) is 17.5. The molecule has 1 amide bonds. The zero-order chi connectivity index (χ0) is 26.7. The second kappa shape index (κ2) is 26.3. The van der Waals surface area contributed by atoms with Crippen molar-refractivity contribution in [2.24, 2.45) is 5.92 Å². The molecule has 0 aliphatic heterocycles. The van der Waals surface area contributed by atoms with Gasteiger partial charge in [0.05, 0.1) is 71.8 Å². The Kier molecular flexibility index (Phi) is 25.0. The van der Waals surface area contributed by atoms with Gasteiger partial charge >= 0.3 is 11.9 Å². The average Bonchev–Trinajstić information content (AvgIpc) is 2.86. The number of carbonyl (C=O) groups is 3. The van der Waals surface area contributed by atoms with Crippen LogP contribution < -0.4 is 5.32 Å². The van der Waals surface area contributed by atoms with Crippen molar-refractivity contribution in [3.8, 4) is 0 Å². The maximum Gasteiger partial charge on any atom is 0.308 e. The number of hydrogen-bond acceptors (Lipinski definition) is 9. The van der Waals surface area contributed by atoms with Crippen molar-refractivity contribution in [1.29, 1.82) is 0 Å². The first-order valence-corrected chi connectivity index (χ1v) is 13.0. The molecule has 0 aliphatic carbocycles. The molecule has 0 aromatic carbocycles. The molecule has 0 bridgehead atoms. The Bertz CT molecular complexity index is 547. The normalized spacial score (nSPS) is 11.8. The third-order valence-corrected chi connectivity index (χ3v) is 5.05. The molecule has 0 rings (SSSR count). The van der Waals surface area contributed by atoms with Gasteiger partial charge in [0.2, 0.25) is 5.91 Å². The van der Waals surface area contributed by atoms with E-state index in [1.807, 2.05) is 6.92 Å². The van der Waals surface area contributed by atoms with Crippen LogP contribution in [0.5, 0.6) is 0 Å². The van der Waals surface area contributed by atoms with Crippen LogP contribution in [-0.2, 0) is 42.8 Å². The lowest BCUT2D eigenvalue weighted by atomic mass is 10.00. The Morgan fingerprint density at radius 3 is 1.67 bits per heavy atom. The Balaban J connectivity index is 3.25. The van der Waals surface area contributed by atoms with Crippen LogP contribution in [0.15, 0.2) is 0 Å². The molecular formula is C25H47NO10. The summed E-state index contributed by atoms with van der Waals surface area (Å²) in [4.78, 5) is 33.6. The fourth-order valence-corrected chi connectivity index (χ4v) is 2.95. The number of hydrogen-bond donors (Lipinski definition) is 2. The largest absolute Gasteiger partial charge is 0.481 e. The van der Waals surface area contributed by atoms with Gasteiger partial charge < -0.3 is 38.8 Å². The number of carbonyl (C=O) groups excluding carboxylic acids is 2. The number of aliphatic carboxylic acids is 1. The molecule has 0 heterocycles. The third kappa shape index (κ3) is 23.9. The molecule has 0 spiro atoms. The zero-order valence-corrected chi connectivity index (χ0v) is 22.1. The van der Waals surface area contributed by atoms with Gasteiger partial charge in [-0.2, -0.15) is 0 Å². The maximum absolute atomic E-state index is 12.0.